The smallest absolute Gasteiger partial charge is 0.303 e. The van der Waals surface area contributed by atoms with Gasteiger partial charge in [-0.3, -0.25) is 9.59 Å². The third-order valence-electron chi connectivity index (χ3n) is 7.99. The standard InChI is InChI=1S/2C18H36O2.2C2H6O/c2*1-2-3-4-5-6-7-8-9-10-11-12-13-14-15-16-17-18(19)20;2*1-2-3/h2*2-17H2,1H3,(H,19,20);2*3H,2H2,1H3. The molecule has 0 aromatic heterocycles. The van der Waals surface area contributed by atoms with Gasteiger partial charge in [0.2, 0.25) is 0 Å². The Labute approximate surface area is 287 Å². The molecule has 0 amide bonds. The van der Waals surface area contributed by atoms with Crippen LogP contribution in [-0.4, -0.2) is 45.6 Å². The van der Waals surface area contributed by atoms with Gasteiger partial charge in [0.15, 0.2) is 0 Å². The monoisotopic (exact) mass is 661 g/mol. The molecule has 0 radical (unpaired) electrons. The summed E-state index contributed by atoms with van der Waals surface area (Å²) in [6.07, 6.45) is 40.4. The highest BCUT2D eigenvalue weighted by molar-refractivity contribution is 5.66. The van der Waals surface area contributed by atoms with Crippen LogP contribution in [0.2, 0.25) is 0 Å². The number of carboxylic acid groups (broad SMARTS) is 2. The lowest BCUT2D eigenvalue weighted by Gasteiger charge is -2.03. The minimum Gasteiger partial charge on any atom is -0.481 e. The predicted octanol–water partition coefficient (Wildman–Crippen LogP) is 12.7. The zero-order valence-electron chi connectivity index (χ0n) is 31.6. The summed E-state index contributed by atoms with van der Waals surface area (Å²) >= 11 is 0. The van der Waals surface area contributed by atoms with Gasteiger partial charge >= 0.3 is 11.9 Å². The number of rotatable bonds is 32. The van der Waals surface area contributed by atoms with Crippen molar-refractivity contribution in [2.75, 3.05) is 13.2 Å². The van der Waals surface area contributed by atoms with E-state index in [-0.39, 0.29) is 13.2 Å². The van der Waals surface area contributed by atoms with Gasteiger partial charge in [-0.1, -0.05) is 194 Å². The van der Waals surface area contributed by atoms with Crippen LogP contribution in [0.15, 0.2) is 0 Å². The third kappa shape index (κ3) is 69.6. The number of carboxylic acids is 2. The molecule has 46 heavy (non-hydrogen) atoms. The highest BCUT2D eigenvalue weighted by Gasteiger charge is 1.98. The second-order valence-corrected chi connectivity index (χ2v) is 12.8. The predicted molar refractivity (Wildman–Crippen MR) is 200 cm³/mol. The zero-order valence-corrected chi connectivity index (χ0v) is 31.6. The molecular formula is C40H84O6. The van der Waals surface area contributed by atoms with E-state index in [1.807, 2.05) is 0 Å². The minimum absolute atomic E-state index is 0.250. The van der Waals surface area contributed by atoms with Crippen LogP contribution >= 0.6 is 0 Å². The van der Waals surface area contributed by atoms with E-state index in [1.165, 1.54) is 167 Å². The Bertz CT molecular complexity index is 480. The molecule has 0 aromatic rings. The molecule has 0 aliphatic carbocycles. The Morgan fingerprint density at radius 1 is 0.304 bits per heavy atom. The molecule has 0 bridgehead atoms. The summed E-state index contributed by atoms with van der Waals surface area (Å²) in [6.45, 7) is 8.40. The van der Waals surface area contributed by atoms with E-state index in [9.17, 15) is 9.59 Å². The normalized spacial score (nSPS) is 10.2. The summed E-state index contributed by atoms with van der Waals surface area (Å²) in [5, 5.41) is 32.2. The van der Waals surface area contributed by atoms with Gasteiger partial charge in [0.05, 0.1) is 0 Å². The molecule has 0 fully saturated rings. The quantitative estimate of drug-likeness (QED) is 0.0534. The van der Waals surface area contributed by atoms with Crippen LogP contribution in [0.25, 0.3) is 0 Å². The molecule has 280 valence electrons. The van der Waals surface area contributed by atoms with Crippen LogP contribution in [0.5, 0.6) is 0 Å². The molecule has 6 heteroatoms. The molecule has 0 saturated heterocycles. The summed E-state index contributed by atoms with van der Waals surface area (Å²) in [4.78, 5) is 20.7. The maximum absolute atomic E-state index is 10.3. The molecule has 6 nitrogen and oxygen atoms in total. The van der Waals surface area contributed by atoms with Gasteiger partial charge in [-0.05, 0) is 26.7 Å². The Kier molecular flexibility index (Phi) is 60.0. The number of unbranched alkanes of at least 4 members (excludes halogenated alkanes) is 28. The van der Waals surface area contributed by atoms with Gasteiger partial charge in [-0.2, -0.15) is 0 Å². The van der Waals surface area contributed by atoms with Gasteiger partial charge < -0.3 is 20.4 Å². The van der Waals surface area contributed by atoms with Crippen molar-refractivity contribution < 1.29 is 30.0 Å². The van der Waals surface area contributed by atoms with Gasteiger partial charge in [0, 0.05) is 26.1 Å². The summed E-state index contributed by atoms with van der Waals surface area (Å²) in [5.41, 5.74) is 0. The van der Waals surface area contributed by atoms with Crippen molar-refractivity contribution in [2.24, 2.45) is 0 Å². The van der Waals surface area contributed by atoms with E-state index in [2.05, 4.69) is 13.8 Å². The first kappa shape index (κ1) is 51.7. The van der Waals surface area contributed by atoms with E-state index in [0.29, 0.717) is 12.8 Å². The van der Waals surface area contributed by atoms with Crippen molar-refractivity contribution in [3.63, 3.8) is 0 Å². The topological polar surface area (TPSA) is 115 Å². The molecule has 0 saturated carbocycles. The molecular weight excluding hydrogens is 576 g/mol. The van der Waals surface area contributed by atoms with Gasteiger partial charge in [-0.15, -0.1) is 0 Å². The molecule has 0 heterocycles. The fourth-order valence-corrected chi connectivity index (χ4v) is 5.30. The second kappa shape index (κ2) is 53.4. The Balaban J connectivity index is -0.000000326. The van der Waals surface area contributed by atoms with Crippen LogP contribution in [0, 0.1) is 0 Å². The molecule has 0 aromatic carbocycles. The molecule has 0 aliphatic rings. The summed E-state index contributed by atoms with van der Waals surface area (Å²) in [7, 11) is 0. The second-order valence-electron chi connectivity index (χ2n) is 12.8. The average molecular weight is 661 g/mol. The van der Waals surface area contributed by atoms with Crippen LogP contribution in [-0.2, 0) is 9.59 Å². The lowest BCUT2D eigenvalue weighted by atomic mass is 10.0. The van der Waals surface area contributed by atoms with Crippen molar-refractivity contribution in [1.29, 1.82) is 0 Å². The summed E-state index contributed by atoms with van der Waals surface area (Å²) < 4.78 is 0. The minimum atomic E-state index is -0.653. The zero-order chi connectivity index (χ0) is 35.2. The molecule has 0 aliphatic heterocycles. The largest absolute Gasteiger partial charge is 0.481 e. The molecule has 0 atom stereocenters. The van der Waals surface area contributed by atoms with Crippen LogP contribution in [0.4, 0.5) is 0 Å². The Morgan fingerprint density at radius 2 is 0.435 bits per heavy atom. The lowest BCUT2D eigenvalue weighted by Crippen LogP contribution is -1.93. The lowest BCUT2D eigenvalue weighted by molar-refractivity contribution is -0.138. The number of hydrogen-bond donors (Lipinski definition) is 4. The van der Waals surface area contributed by atoms with Crippen LogP contribution in [0.3, 0.4) is 0 Å². The molecule has 0 spiro atoms. The first-order valence-corrected chi connectivity index (χ1v) is 20.0. The number of aliphatic hydroxyl groups excluding tert-OH is 2. The maximum Gasteiger partial charge on any atom is 0.303 e. The fourth-order valence-electron chi connectivity index (χ4n) is 5.30. The Hall–Kier alpha value is -1.14. The van der Waals surface area contributed by atoms with Gasteiger partial charge in [-0.25, -0.2) is 0 Å². The van der Waals surface area contributed by atoms with E-state index in [1.54, 1.807) is 13.8 Å². The third-order valence-corrected chi connectivity index (χ3v) is 7.99. The maximum atomic E-state index is 10.3. The number of aliphatic hydroxyl groups is 2. The van der Waals surface area contributed by atoms with Gasteiger partial charge in [0.25, 0.3) is 0 Å². The van der Waals surface area contributed by atoms with Crippen molar-refractivity contribution in [3.8, 4) is 0 Å². The highest BCUT2D eigenvalue weighted by Crippen LogP contribution is 2.15. The molecule has 0 rings (SSSR count). The van der Waals surface area contributed by atoms with Crippen molar-refractivity contribution in [3.05, 3.63) is 0 Å². The first-order chi connectivity index (χ1) is 22.4. The first-order valence-electron chi connectivity index (χ1n) is 20.0. The van der Waals surface area contributed by atoms with Crippen molar-refractivity contribution >= 4 is 11.9 Å². The van der Waals surface area contributed by atoms with Crippen molar-refractivity contribution in [1.82, 2.24) is 0 Å². The average Bonchev–Trinajstić information content (AvgIpc) is 3.02. The van der Waals surface area contributed by atoms with Gasteiger partial charge in [0.1, 0.15) is 0 Å². The van der Waals surface area contributed by atoms with Crippen LogP contribution in [0.1, 0.15) is 233 Å². The van der Waals surface area contributed by atoms with E-state index >= 15 is 0 Å². The Morgan fingerprint density at radius 3 is 0.565 bits per heavy atom. The van der Waals surface area contributed by atoms with E-state index in [4.69, 9.17) is 20.4 Å². The van der Waals surface area contributed by atoms with E-state index in [0.717, 1.165) is 25.7 Å². The summed E-state index contributed by atoms with van der Waals surface area (Å²) in [6, 6.07) is 0. The van der Waals surface area contributed by atoms with E-state index < -0.39 is 11.9 Å². The fraction of sp³-hybridized carbons (Fsp3) is 0.950. The number of carbonyl (C=O) groups is 2. The number of hydrogen-bond acceptors (Lipinski definition) is 4. The van der Waals surface area contributed by atoms with Crippen molar-refractivity contribution in [2.45, 2.75) is 233 Å². The molecule has 4 N–H and O–H groups in total. The number of aliphatic carboxylic acids is 2. The SMILES string of the molecule is CCCCCCCCCCCCCCCCCC(=O)O.CCCCCCCCCCCCCCCCCC(=O)O.CCO.CCO. The molecule has 0 unspecified atom stereocenters. The highest BCUT2D eigenvalue weighted by atomic mass is 16.4. The van der Waals surface area contributed by atoms with Crippen LogP contribution < -0.4 is 0 Å². The summed E-state index contributed by atoms with van der Waals surface area (Å²) in [5.74, 6) is -1.31.